The topological polar surface area (TPSA) is 35.5 Å². The van der Waals surface area contributed by atoms with Gasteiger partial charge in [-0.2, -0.15) is 8.78 Å². The fourth-order valence-electron chi connectivity index (χ4n) is 4.22. The first-order valence-electron chi connectivity index (χ1n) is 9.94. The van der Waals surface area contributed by atoms with Gasteiger partial charge in [0.2, 0.25) is 0 Å². The Morgan fingerprint density at radius 2 is 1.89 bits per heavy atom. The lowest BCUT2D eigenvalue weighted by Gasteiger charge is -2.33. The number of halogens is 3. The SMILES string of the molecule is CCCC1CCC(C(F)(F)Oc2ccc3c(c2F)C(=O)OC(CC)C3)CC1. The van der Waals surface area contributed by atoms with Crippen molar-refractivity contribution in [2.45, 2.75) is 77.4 Å². The quantitative estimate of drug-likeness (QED) is 0.573. The Hall–Kier alpha value is -1.72. The van der Waals surface area contributed by atoms with Crippen LogP contribution in [-0.2, 0) is 11.2 Å². The number of rotatable bonds is 6. The molecule has 1 aliphatic carbocycles. The summed E-state index contributed by atoms with van der Waals surface area (Å²) < 4.78 is 54.0. The molecule has 0 spiro atoms. The van der Waals surface area contributed by atoms with Gasteiger partial charge in [-0.25, -0.2) is 9.18 Å². The van der Waals surface area contributed by atoms with Gasteiger partial charge in [0.1, 0.15) is 11.7 Å². The molecule has 1 aromatic carbocycles. The zero-order valence-corrected chi connectivity index (χ0v) is 15.9. The molecule has 6 heteroatoms. The van der Waals surface area contributed by atoms with Crippen LogP contribution in [0.25, 0.3) is 0 Å². The normalized spacial score (nSPS) is 25.7. The monoisotopic (exact) mass is 384 g/mol. The molecule has 0 radical (unpaired) electrons. The highest BCUT2D eigenvalue weighted by atomic mass is 19.3. The summed E-state index contributed by atoms with van der Waals surface area (Å²) in [5.74, 6) is -2.89. The molecule has 27 heavy (non-hydrogen) atoms. The maximum atomic E-state index is 14.7. The maximum Gasteiger partial charge on any atom is 0.400 e. The molecule has 0 aromatic heterocycles. The third-order valence-corrected chi connectivity index (χ3v) is 5.84. The first-order chi connectivity index (χ1) is 12.9. The smallest absolute Gasteiger partial charge is 0.400 e. The summed E-state index contributed by atoms with van der Waals surface area (Å²) in [6.45, 7) is 3.96. The van der Waals surface area contributed by atoms with Crippen LogP contribution in [0.2, 0.25) is 0 Å². The average molecular weight is 384 g/mol. The minimum absolute atomic E-state index is 0.278. The van der Waals surface area contributed by atoms with E-state index in [1.165, 1.54) is 12.1 Å². The van der Waals surface area contributed by atoms with Gasteiger partial charge in [-0.05, 0) is 49.7 Å². The van der Waals surface area contributed by atoms with E-state index >= 15 is 0 Å². The van der Waals surface area contributed by atoms with Gasteiger partial charge in [0.05, 0.1) is 5.92 Å². The van der Waals surface area contributed by atoms with Gasteiger partial charge in [-0.15, -0.1) is 0 Å². The number of esters is 1. The molecule has 1 fully saturated rings. The molecule has 1 heterocycles. The molecule has 1 aromatic rings. The molecule has 1 unspecified atom stereocenters. The number of fused-ring (bicyclic) bond motifs is 1. The Kier molecular flexibility index (Phi) is 6.02. The van der Waals surface area contributed by atoms with Crippen molar-refractivity contribution in [1.82, 2.24) is 0 Å². The molecule has 0 amide bonds. The lowest BCUT2D eigenvalue weighted by molar-refractivity contribution is -0.224. The van der Waals surface area contributed by atoms with E-state index in [9.17, 15) is 18.0 Å². The van der Waals surface area contributed by atoms with E-state index in [0.717, 1.165) is 25.7 Å². The van der Waals surface area contributed by atoms with Crippen molar-refractivity contribution in [3.8, 4) is 5.75 Å². The van der Waals surface area contributed by atoms with Crippen LogP contribution in [0.4, 0.5) is 13.2 Å². The second-order valence-electron chi connectivity index (χ2n) is 7.72. The highest BCUT2D eigenvalue weighted by Crippen LogP contribution is 2.42. The van der Waals surface area contributed by atoms with Crippen molar-refractivity contribution in [1.29, 1.82) is 0 Å². The van der Waals surface area contributed by atoms with Crippen molar-refractivity contribution < 1.29 is 27.4 Å². The zero-order valence-electron chi connectivity index (χ0n) is 15.9. The summed E-state index contributed by atoms with van der Waals surface area (Å²) in [6, 6.07) is 2.70. The van der Waals surface area contributed by atoms with Crippen molar-refractivity contribution in [2.75, 3.05) is 0 Å². The number of alkyl halides is 2. The van der Waals surface area contributed by atoms with E-state index in [4.69, 9.17) is 9.47 Å². The lowest BCUT2D eigenvalue weighted by atomic mass is 9.79. The lowest BCUT2D eigenvalue weighted by Crippen LogP contribution is -2.37. The third kappa shape index (κ3) is 4.25. The minimum Gasteiger partial charge on any atom is -0.458 e. The summed E-state index contributed by atoms with van der Waals surface area (Å²) in [4.78, 5) is 12.1. The number of carbonyl (C=O) groups is 1. The van der Waals surface area contributed by atoms with Gasteiger partial charge in [-0.1, -0.05) is 32.8 Å². The van der Waals surface area contributed by atoms with Crippen LogP contribution in [-0.4, -0.2) is 18.2 Å². The first-order valence-corrected chi connectivity index (χ1v) is 9.94. The van der Waals surface area contributed by atoms with Crippen LogP contribution in [0, 0.1) is 17.7 Å². The van der Waals surface area contributed by atoms with Crippen LogP contribution in [0.5, 0.6) is 5.75 Å². The van der Waals surface area contributed by atoms with Crippen LogP contribution >= 0.6 is 0 Å². The molecule has 3 nitrogen and oxygen atoms in total. The Morgan fingerprint density at radius 1 is 1.19 bits per heavy atom. The predicted octanol–water partition coefficient (Wildman–Crippen LogP) is 5.90. The van der Waals surface area contributed by atoms with Gasteiger partial charge in [0.25, 0.3) is 0 Å². The Bertz CT molecular complexity index is 681. The van der Waals surface area contributed by atoms with Gasteiger partial charge in [0, 0.05) is 6.42 Å². The van der Waals surface area contributed by atoms with Crippen LogP contribution < -0.4 is 4.74 Å². The van der Waals surface area contributed by atoms with Gasteiger partial charge in [-0.3, -0.25) is 0 Å². The number of carbonyl (C=O) groups excluding carboxylic acids is 1. The van der Waals surface area contributed by atoms with Crippen LogP contribution in [0.3, 0.4) is 0 Å². The highest BCUT2D eigenvalue weighted by molar-refractivity contribution is 5.93. The van der Waals surface area contributed by atoms with Crippen molar-refractivity contribution >= 4 is 5.97 Å². The fourth-order valence-corrected chi connectivity index (χ4v) is 4.22. The standard InChI is InChI=1S/C21H27F3O3/c1-3-5-13-6-9-15(10-7-13)21(23,24)27-17-11-8-14-12-16(4-2)26-20(25)18(14)19(17)22/h8,11,13,15-16H,3-7,9-10,12H2,1-2H3. The van der Waals surface area contributed by atoms with Crippen LogP contribution in [0.15, 0.2) is 12.1 Å². The van der Waals surface area contributed by atoms with Gasteiger partial charge >= 0.3 is 12.1 Å². The molecule has 0 N–H and O–H groups in total. The number of hydrogen-bond donors (Lipinski definition) is 0. The summed E-state index contributed by atoms with van der Waals surface area (Å²) in [6.07, 6.45) is 1.55. The van der Waals surface area contributed by atoms with E-state index < -0.39 is 29.6 Å². The average Bonchev–Trinajstić information content (AvgIpc) is 2.64. The molecule has 0 bridgehead atoms. The van der Waals surface area contributed by atoms with E-state index in [2.05, 4.69) is 6.92 Å². The molecule has 3 rings (SSSR count). The Morgan fingerprint density at radius 3 is 2.52 bits per heavy atom. The van der Waals surface area contributed by atoms with Gasteiger partial charge in [0.15, 0.2) is 11.6 Å². The second kappa shape index (κ2) is 8.11. The number of benzene rings is 1. The van der Waals surface area contributed by atoms with Gasteiger partial charge < -0.3 is 9.47 Å². The number of ether oxygens (including phenoxy) is 2. The Labute approximate surface area is 158 Å². The molecule has 150 valence electrons. The summed E-state index contributed by atoms with van der Waals surface area (Å²) in [5.41, 5.74) is 0.200. The molecule has 2 aliphatic rings. The van der Waals surface area contributed by atoms with E-state index in [1.807, 2.05) is 6.92 Å². The van der Waals surface area contributed by atoms with E-state index in [-0.39, 0.29) is 11.7 Å². The molecule has 0 saturated heterocycles. The highest BCUT2D eigenvalue weighted by Gasteiger charge is 2.45. The second-order valence-corrected chi connectivity index (χ2v) is 7.72. The largest absolute Gasteiger partial charge is 0.458 e. The van der Waals surface area contributed by atoms with E-state index in [0.29, 0.717) is 37.2 Å². The molecule has 1 atom stereocenters. The summed E-state index contributed by atoms with van der Waals surface area (Å²) >= 11 is 0. The van der Waals surface area contributed by atoms with E-state index in [1.54, 1.807) is 0 Å². The first kappa shape index (κ1) is 20.0. The maximum absolute atomic E-state index is 14.7. The van der Waals surface area contributed by atoms with Crippen LogP contribution in [0.1, 0.15) is 74.7 Å². The fraction of sp³-hybridized carbons (Fsp3) is 0.667. The Balaban J connectivity index is 1.74. The molecular weight excluding hydrogens is 357 g/mol. The molecule has 1 aliphatic heterocycles. The number of hydrogen-bond acceptors (Lipinski definition) is 3. The minimum atomic E-state index is -3.46. The predicted molar refractivity (Wildman–Crippen MR) is 95.5 cm³/mol. The zero-order chi connectivity index (χ0) is 19.6. The summed E-state index contributed by atoms with van der Waals surface area (Å²) in [5, 5.41) is 0. The summed E-state index contributed by atoms with van der Waals surface area (Å²) in [7, 11) is 0. The molecular formula is C21H27F3O3. The third-order valence-electron chi connectivity index (χ3n) is 5.84. The molecule has 1 saturated carbocycles. The van der Waals surface area contributed by atoms with Crippen molar-refractivity contribution in [3.63, 3.8) is 0 Å². The van der Waals surface area contributed by atoms with Crippen molar-refractivity contribution in [2.24, 2.45) is 11.8 Å². The van der Waals surface area contributed by atoms with Crippen molar-refractivity contribution in [3.05, 3.63) is 29.1 Å². The number of cyclic esters (lactones) is 1.